The standard InChI is InChI=1S/C29H35NO5/c1-3-5-6-17-34-23-15-13-22(14-16-23)27(31)25-26(21-11-9-20(4-2)10-12-21)30(29(33)28(25)32)19-24-8-7-18-35-24/h9-16,24,26,31H,3-8,17-19H2,1-2H3/b27-25-. The zero-order valence-corrected chi connectivity index (χ0v) is 20.7. The molecule has 0 saturated carbocycles. The normalized spacial score (nSPS) is 21.6. The van der Waals surface area contributed by atoms with Crippen LogP contribution in [0.2, 0.25) is 0 Å². The van der Waals surface area contributed by atoms with Crippen molar-refractivity contribution >= 4 is 17.4 Å². The highest BCUT2D eigenvalue weighted by atomic mass is 16.5. The van der Waals surface area contributed by atoms with Gasteiger partial charge in [-0.3, -0.25) is 9.59 Å². The number of unbranched alkanes of at least 4 members (excludes halogenated alkanes) is 2. The summed E-state index contributed by atoms with van der Waals surface area (Å²) < 4.78 is 11.5. The van der Waals surface area contributed by atoms with E-state index in [1.807, 2.05) is 24.3 Å². The number of aryl methyl sites for hydroxylation is 1. The van der Waals surface area contributed by atoms with Crippen LogP contribution in [0.5, 0.6) is 5.75 Å². The minimum atomic E-state index is -0.662. The molecule has 0 spiro atoms. The first kappa shape index (κ1) is 25.0. The summed E-state index contributed by atoms with van der Waals surface area (Å²) >= 11 is 0. The van der Waals surface area contributed by atoms with E-state index < -0.39 is 17.7 Å². The maximum absolute atomic E-state index is 13.2. The Kier molecular flexibility index (Phi) is 8.24. The molecule has 2 unspecified atom stereocenters. The number of ketones is 1. The van der Waals surface area contributed by atoms with Gasteiger partial charge in [0.15, 0.2) is 0 Å². The van der Waals surface area contributed by atoms with Crippen molar-refractivity contribution in [3.8, 4) is 5.75 Å². The van der Waals surface area contributed by atoms with Crippen molar-refractivity contribution in [3.05, 3.63) is 70.8 Å². The van der Waals surface area contributed by atoms with Crippen LogP contribution < -0.4 is 4.74 Å². The number of aliphatic hydroxyl groups is 1. The molecule has 2 heterocycles. The Labute approximate surface area is 207 Å². The number of hydrogen-bond acceptors (Lipinski definition) is 5. The smallest absolute Gasteiger partial charge is 0.295 e. The molecule has 186 valence electrons. The summed E-state index contributed by atoms with van der Waals surface area (Å²) in [6.45, 7) is 5.86. The second kappa shape index (κ2) is 11.5. The monoisotopic (exact) mass is 477 g/mol. The number of nitrogens with zero attached hydrogens (tertiary/aromatic N) is 1. The van der Waals surface area contributed by atoms with Crippen LogP contribution in [0, 0.1) is 0 Å². The summed E-state index contributed by atoms with van der Waals surface area (Å²) in [5.41, 5.74) is 2.57. The first-order chi connectivity index (χ1) is 17.0. The minimum absolute atomic E-state index is 0.102. The molecule has 2 aromatic rings. The van der Waals surface area contributed by atoms with Gasteiger partial charge in [-0.2, -0.15) is 0 Å². The van der Waals surface area contributed by atoms with Gasteiger partial charge < -0.3 is 19.5 Å². The van der Waals surface area contributed by atoms with Gasteiger partial charge in [0.25, 0.3) is 11.7 Å². The summed E-state index contributed by atoms with van der Waals surface area (Å²) in [5.74, 6) is -0.712. The minimum Gasteiger partial charge on any atom is -0.507 e. The fourth-order valence-electron chi connectivity index (χ4n) is 4.76. The van der Waals surface area contributed by atoms with Gasteiger partial charge in [0.05, 0.1) is 24.3 Å². The average Bonchev–Trinajstić information content (AvgIpc) is 3.49. The highest BCUT2D eigenvalue weighted by molar-refractivity contribution is 6.46. The fourth-order valence-corrected chi connectivity index (χ4v) is 4.76. The van der Waals surface area contributed by atoms with Crippen LogP contribution in [-0.2, 0) is 20.7 Å². The maximum atomic E-state index is 13.2. The van der Waals surface area contributed by atoms with E-state index in [0.29, 0.717) is 31.1 Å². The summed E-state index contributed by atoms with van der Waals surface area (Å²) in [4.78, 5) is 27.9. The number of carbonyl (C=O) groups is 2. The van der Waals surface area contributed by atoms with Crippen LogP contribution in [0.4, 0.5) is 0 Å². The van der Waals surface area contributed by atoms with Gasteiger partial charge in [-0.05, 0) is 61.1 Å². The van der Waals surface area contributed by atoms with Crippen LogP contribution in [-0.4, -0.2) is 47.6 Å². The van der Waals surface area contributed by atoms with Gasteiger partial charge in [-0.15, -0.1) is 0 Å². The van der Waals surface area contributed by atoms with E-state index in [2.05, 4.69) is 13.8 Å². The zero-order valence-electron chi connectivity index (χ0n) is 20.7. The third kappa shape index (κ3) is 5.59. The zero-order chi connectivity index (χ0) is 24.8. The molecule has 1 N–H and O–H groups in total. The van der Waals surface area contributed by atoms with Gasteiger partial charge in [0.2, 0.25) is 0 Å². The molecule has 0 bridgehead atoms. The van der Waals surface area contributed by atoms with E-state index in [1.54, 1.807) is 29.2 Å². The molecule has 0 aromatic heterocycles. The van der Waals surface area contributed by atoms with Crippen molar-refractivity contribution < 1.29 is 24.2 Å². The molecule has 2 aliphatic rings. The lowest BCUT2D eigenvalue weighted by molar-refractivity contribution is -0.140. The number of aliphatic hydroxyl groups excluding tert-OH is 1. The second-order valence-corrected chi connectivity index (χ2v) is 9.26. The van der Waals surface area contributed by atoms with Crippen molar-refractivity contribution in [2.45, 2.75) is 64.5 Å². The summed E-state index contributed by atoms with van der Waals surface area (Å²) in [6.07, 6.45) is 5.82. The molecule has 6 heteroatoms. The van der Waals surface area contributed by atoms with Crippen LogP contribution in [0.25, 0.3) is 5.76 Å². The van der Waals surface area contributed by atoms with Gasteiger partial charge in [-0.25, -0.2) is 0 Å². The second-order valence-electron chi connectivity index (χ2n) is 9.26. The number of ether oxygens (including phenoxy) is 2. The number of amides is 1. The first-order valence-electron chi connectivity index (χ1n) is 12.8. The van der Waals surface area contributed by atoms with Crippen LogP contribution in [0.1, 0.15) is 68.7 Å². The SMILES string of the molecule is CCCCCOc1ccc(/C(O)=C2/C(=O)C(=O)N(CC3CCCO3)C2c2ccc(CC)cc2)cc1. The van der Waals surface area contributed by atoms with E-state index in [4.69, 9.17) is 9.47 Å². The van der Waals surface area contributed by atoms with Crippen LogP contribution in [0.3, 0.4) is 0 Å². The molecule has 2 atom stereocenters. The molecule has 6 nitrogen and oxygen atoms in total. The van der Waals surface area contributed by atoms with E-state index in [9.17, 15) is 14.7 Å². The number of Topliss-reactive ketones (excluding diaryl/α,β-unsaturated/α-hetero) is 1. The molecule has 4 rings (SSSR count). The van der Waals surface area contributed by atoms with Gasteiger partial charge in [-0.1, -0.05) is 51.0 Å². The number of carbonyl (C=O) groups excluding carboxylic acids is 2. The van der Waals surface area contributed by atoms with E-state index >= 15 is 0 Å². The number of likely N-dealkylation sites (tertiary alicyclic amines) is 1. The van der Waals surface area contributed by atoms with Crippen molar-refractivity contribution in [2.75, 3.05) is 19.8 Å². The quantitative estimate of drug-likeness (QED) is 0.214. The summed E-state index contributed by atoms with van der Waals surface area (Å²) in [5, 5.41) is 11.3. The molecular weight excluding hydrogens is 442 g/mol. The molecule has 1 amide bonds. The molecule has 0 radical (unpaired) electrons. The summed E-state index contributed by atoms with van der Waals surface area (Å²) in [6, 6.07) is 14.3. The third-order valence-electron chi connectivity index (χ3n) is 6.81. The van der Waals surface area contributed by atoms with Crippen molar-refractivity contribution in [1.82, 2.24) is 4.90 Å². The molecule has 2 aromatic carbocycles. The Morgan fingerprint density at radius 3 is 2.43 bits per heavy atom. The lowest BCUT2D eigenvalue weighted by Crippen LogP contribution is -2.36. The molecule has 0 aliphatic carbocycles. The Morgan fingerprint density at radius 2 is 1.80 bits per heavy atom. The highest BCUT2D eigenvalue weighted by Gasteiger charge is 2.47. The Balaban J connectivity index is 1.66. The maximum Gasteiger partial charge on any atom is 0.295 e. The molecule has 2 fully saturated rings. The fraction of sp³-hybridized carbons (Fsp3) is 0.448. The number of hydrogen-bond donors (Lipinski definition) is 1. The van der Waals surface area contributed by atoms with Crippen LogP contribution in [0.15, 0.2) is 54.1 Å². The average molecular weight is 478 g/mol. The number of benzene rings is 2. The van der Waals surface area contributed by atoms with Gasteiger partial charge >= 0.3 is 0 Å². The highest BCUT2D eigenvalue weighted by Crippen LogP contribution is 2.40. The van der Waals surface area contributed by atoms with Crippen molar-refractivity contribution in [1.29, 1.82) is 0 Å². The van der Waals surface area contributed by atoms with Crippen molar-refractivity contribution in [3.63, 3.8) is 0 Å². The lowest BCUT2D eigenvalue weighted by atomic mass is 9.94. The van der Waals surface area contributed by atoms with Crippen molar-refractivity contribution in [2.24, 2.45) is 0 Å². The van der Waals surface area contributed by atoms with E-state index in [1.165, 1.54) is 5.56 Å². The Morgan fingerprint density at radius 1 is 1.06 bits per heavy atom. The largest absolute Gasteiger partial charge is 0.507 e. The predicted molar refractivity (Wildman–Crippen MR) is 135 cm³/mol. The van der Waals surface area contributed by atoms with E-state index in [-0.39, 0.29) is 17.4 Å². The summed E-state index contributed by atoms with van der Waals surface area (Å²) in [7, 11) is 0. The molecular formula is C29H35NO5. The third-order valence-corrected chi connectivity index (χ3v) is 6.81. The molecule has 35 heavy (non-hydrogen) atoms. The lowest BCUT2D eigenvalue weighted by Gasteiger charge is -2.27. The van der Waals surface area contributed by atoms with E-state index in [0.717, 1.165) is 44.1 Å². The number of rotatable bonds is 10. The predicted octanol–water partition coefficient (Wildman–Crippen LogP) is 5.42. The Hall–Kier alpha value is -3.12. The Bertz CT molecular complexity index is 1050. The molecule has 2 saturated heterocycles. The van der Waals surface area contributed by atoms with Crippen LogP contribution >= 0.6 is 0 Å². The topological polar surface area (TPSA) is 76.1 Å². The molecule has 2 aliphatic heterocycles. The van der Waals surface area contributed by atoms with Gasteiger partial charge in [0, 0.05) is 18.7 Å². The van der Waals surface area contributed by atoms with Gasteiger partial charge in [0.1, 0.15) is 11.5 Å². The first-order valence-corrected chi connectivity index (χ1v) is 12.8.